The Morgan fingerprint density at radius 1 is 0.818 bits per heavy atom. The van der Waals surface area contributed by atoms with E-state index in [-0.39, 0.29) is 24.5 Å². The molecule has 1 N–H and O–H groups in total. The van der Waals surface area contributed by atoms with Crippen molar-refractivity contribution < 1.29 is 32.0 Å². The molecule has 33 heavy (non-hydrogen) atoms. The van der Waals surface area contributed by atoms with Gasteiger partial charge in [0, 0.05) is 0 Å². The lowest BCUT2D eigenvalue weighted by molar-refractivity contribution is -0.170. The Bertz CT molecular complexity index is 735. The summed E-state index contributed by atoms with van der Waals surface area (Å²) < 4.78 is 45.3. The molecular formula is C25H44O7S. The fourth-order valence-corrected chi connectivity index (χ4v) is 6.94. The lowest BCUT2D eigenvalue weighted by Crippen LogP contribution is -2.45. The molecule has 0 aromatic carbocycles. The van der Waals surface area contributed by atoms with Gasteiger partial charge in [0.15, 0.2) is 0 Å². The predicted molar refractivity (Wildman–Crippen MR) is 127 cm³/mol. The van der Waals surface area contributed by atoms with Crippen molar-refractivity contribution in [1.82, 2.24) is 0 Å². The maximum absolute atomic E-state index is 13.3. The lowest BCUT2D eigenvalue weighted by Gasteiger charge is -2.33. The van der Waals surface area contributed by atoms with E-state index in [1.165, 1.54) is 0 Å². The average Bonchev–Trinajstić information content (AvgIpc) is 3.36. The molecule has 0 spiro atoms. The molecule has 2 aliphatic rings. The standard InChI is InChI=1S/C25H44O7S/c1-5-9-11-13-18(7-3)31-24(26)22-17-15-20(21(16-17)33(28,29)30)23(22)25(27)32-19(8-4)14-12-10-6-2/h17-23H,5-16H2,1-4H3,(H,28,29,30)/t17-,18-,19-,20+,21+,22+,23+/m1/s1. The van der Waals surface area contributed by atoms with Gasteiger partial charge in [-0.2, -0.15) is 8.42 Å². The van der Waals surface area contributed by atoms with E-state index >= 15 is 0 Å². The first-order chi connectivity index (χ1) is 15.7. The normalized spacial score (nSPS) is 28.5. The molecule has 2 fully saturated rings. The Morgan fingerprint density at radius 2 is 1.30 bits per heavy atom. The second-order valence-corrected chi connectivity index (χ2v) is 11.6. The van der Waals surface area contributed by atoms with Crippen molar-refractivity contribution in [3.63, 3.8) is 0 Å². The van der Waals surface area contributed by atoms with Gasteiger partial charge in [0.25, 0.3) is 10.1 Å². The first-order valence-electron chi connectivity index (χ1n) is 13.0. The number of ether oxygens (including phenoxy) is 2. The predicted octanol–water partition coefficient (Wildman–Crippen LogP) is 5.32. The van der Waals surface area contributed by atoms with E-state index in [1.54, 1.807) is 0 Å². The van der Waals surface area contributed by atoms with Crippen LogP contribution in [0.5, 0.6) is 0 Å². The van der Waals surface area contributed by atoms with Crippen molar-refractivity contribution in [3.05, 3.63) is 0 Å². The van der Waals surface area contributed by atoms with E-state index in [0.717, 1.165) is 51.4 Å². The molecule has 0 aromatic rings. The van der Waals surface area contributed by atoms with Crippen molar-refractivity contribution in [1.29, 1.82) is 0 Å². The molecule has 0 unspecified atom stereocenters. The number of hydrogen-bond acceptors (Lipinski definition) is 6. The SMILES string of the molecule is CCCCC[C@@H](CC)OC(=O)[C@H]1[C@@H]2C[C@H]([C@@H]1C(=O)O[C@H](CC)CCCCC)[C@@H](S(=O)(=O)O)C2. The van der Waals surface area contributed by atoms with Crippen molar-refractivity contribution in [2.75, 3.05) is 0 Å². The van der Waals surface area contributed by atoms with Gasteiger partial charge in [-0.15, -0.1) is 0 Å². The van der Waals surface area contributed by atoms with Gasteiger partial charge in [0.1, 0.15) is 12.2 Å². The van der Waals surface area contributed by atoms with Gasteiger partial charge in [-0.25, -0.2) is 0 Å². The van der Waals surface area contributed by atoms with Crippen molar-refractivity contribution >= 4 is 22.1 Å². The van der Waals surface area contributed by atoms with Crippen LogP contribution in [0.2, 0.25) is 0 Å². The number of carbonyl (C=O) groups is 2. The van der Waals surface area contributed by atoms with Crippen LogP contribution in [0.15, 0.2) is 0 Å². The van der Waals surface area contributed by atoms with Crippen LogP contribution in [0, 0.1) is 23.7 Å². The van der Waals surface area contributed by atoms with Crippen LogP contribution in [-0.4, -0.2) is 42.4 Å². The van der Waals surface area contributed by atoms with Gasteiger partial charge in [-0.3, -0.25) is 14.1 Å². The number of esters is 2. The molecule has 2 rings (SSSR count). The van der Waals surface area contributed by atoms with Gasteiger partial charge in [-0.1, -0.05) is 53.4 Å². The molecule has 2 saturated carbocycles. The van der Waals surface area contributed by atoms with Gasteiger partial charge in [0.05, 0.1) is 17.1 Å². The third-order valence-corrected chi connectivity index (χ3v) is 8.91. The smallest absolute Gasteiger partial charge is 0.310 e. The minimum atomic E-state index is -4.30. The summed E-state index contributed by atoms with van der Waals surface area (Å²) in [5.74, 6) is -3.41. The molecule has 0 heterocycles. The lowest BCUT2D eigenvalue weighted by atomic mass is 9.79. The van der Waals surface area contributed by atoms with Gasteiger partial charge < -0.3 is 9.47 Å². The summed E-state index contributed by atoms with van der Waals surface area (Å²) >= 11 is 0. The fourth-order valence-electron chi connectivity index (χ4n) is 5.73. The first-order valence-corrected chi connectivity index (χ1v) is 14.5. The zero-order valence-electron chi connectivity index (χ0n) is 20.8. The first kappa shape index (κ1) is 28.1. The summed E-state index contributed by atoms with van der Waals surface area (Å²) in [6.45, 7) is 8.17. The molecule has 8 heteroatoms. The summed E-state index contributed by atoms with van der Waals surface area (Å²) in [6.07, 6.45) is 9.28. The van der Waals surface area contributed by atoms with Crippen molar-refractivity contribution in [3.8, 4) is 0 Å². The molecule has 0 saturated heterocycles. The Labute approximate surface area is 200 Å². The molecule has 192 valence electrons. The summed E-state index contributed by atoms with van der Waals surface area (Å²) in [7, 11) is -4.30. The minimum Gasteiger partial charge on any atom is -0.462 e. The van der Waals surface area contributed by atoms with Crippen LogP contribution in [-0.2, 0) is 29.2 Å². The molecule has 2 aliphatic carbocycles. The van der Waals surface area contributed by atoms with Gasteiger partial charge >= 0.3 is 11.9 Å². The monoisotopic (exact) mass is 488 g/mol. The van der Waals surface area contributed by atoms with E-state index in [9.17, 15) is 22.6 Å². The third-order valence-electron chi connectivity index (χ3n) is 7.61. The summed E-state index contributed by atoms with van der Waals surface area (Å²) in [5.41, 5.74) is 0. The van der Waals surface area contributed by atoms with Crippen LogP contribution < -0.4 is 0 Å². The molecule has 0 amide bonds. The highest BCUT2D eigenvalue weighted by Crippen LogP contribution is 2.55. The van der Waals surface area contributed by atoms with E-state index < -0.39 is 45.1 Å². The molecule has 0 aromatic heterocycles. The van der Waals surface area contributed by atoms with Crippen LogP contribution in [0.4, 0.5) is 0 Å². The highest BCUT2D eigenvalue weighted by atomic mass is 32.2. The number of carbonyl (C=O) groups excluding carboxylic acids is 2. The average molecular weight is 489 g/mol. The van der Waals surface area contributed by atoms with E-state index in [4.69, 9.17) is 9.47 Å². The quantitative estimate of drug-likeness (QED) is 0.189. The topological polar surface area (TPSA) is 107 Å². The Balaban J connectivity index is 2.17. The third kappa shape index (κ3) is 7.41. The molecule has 2 bridgehead atoms. The molecule has 0 aliphatic heterocycles. The largest absolute Gasteiger partial charge is 0.462 e. The Morgan fingerprint density at radius 3 is 1.73 bits per heavy atom. The van der Waals surface area contributed by atoms with E-state index in [2.05, 4.69) is 13.8 Å². The second kappa shape index (κ2) is 13.1. The number of unbranched alkanes of at least 4 members (excludes halogenated alkanes) is 4. The van der Waals surface area contributed by atoms with Crippen LogP contribution in [0.3, 0.4) is 0 Å². The minimum absolute atomic E-state index is 0.188. The fraction of sp³-hybridized carbons (Fsp3) is 0.920. The molecule has 0 radical (unpaired) electrons. The van der Waals surface area contributed by atoms with E-state index in [1.807, 2.05) is 13.8 Å². The van der Waals surface area contributed by atoms with Crippen molar-refractivity contribution in [2.24, 2.45) is 23.7 Å². The van der Waals surface area contributed by atoms with Gasteiger partial charge in [-0.05, 0) is 63.2 Å². The highest BCUT2D eigenvalue weighted by molar-refractivity contribution is 7.86. The molecule has 7 atom stereocenters. The van der Waals surface area contributed by atoms with E-state index in [0.29, 0.717) is 19.3 Å². The summed E-state index contributed by atoms with van der Waals surface area (Å²) in [5, 5.41) is -1.02. The summed E-state index contributed by atoms with van der Waals surface area (Å²) in [4.78, 5) is 26.5. The van der Waals surface area contributed by atoms with Gasteiger partial charge in [0.2, 0.25) is 0 Å². The zero-order chi connectivity index (χ0) is 24.6. The highest BCUT2D eigenvalue weighted by Gasteiger charge is 2.62. The molecular weight excluding hydrogens is 444 g/mol. The molecule has 7 nitrogen and oxygen atoms in total. The summed E-state index contributed by atoms with van der Waals surface area (Å²) in [6, 6.07) is 0. The number of fused-ring (bicyclic) bond motifs is 2. The maximum Gasteiger partial charge on any atom is 0.310 e. The Kier molecular flexibility index (Phi) is 11.1. The Hall–Kier alpha value is -1.15. The second-order valence-electron chi connectivity index (χ2n) is 9.93. The van der Waals surface area contributed by atoms with Crippen LogP contribution in [0.25, 0.3) is 0 Å². The van der Waals surface area contributed by atoms with Crippen molar-refractivity contribution in [2.45, 2.75) is 122 Å². The van der Waals surface area contributed by atoms with Crippen LogP contribution in [0.1, 0.15) is 105 Å². The zero-order valence-corrected chi connectivity index (χ0v) is 21.6. The maximum atomic E-state index is 13.3. The number of hydrogen-bond donors (Lipinski definition) is 1. The number of rotatable bonds is 15. The van der Waals surface area contributed by atoms with Crippen LogP contribution >= 0.6 is 0 Å².